The lowest BCUT2D eigenvalue weighted by atomic mass is 10.2. The van der Waals surface area contributed by atoms with Gasteiger partial charge in [-0.25, -0.2) is 4.39 Å². The molecule has 0 unspecified atom stereocenters. The van der Waals surface area contributed by atoms with E-state index in [0.29, 0.717) is 5.69 Å². The van der Waals surface area contributed by atoms with Gasteiger partial charge in [-0.05, 0) is 23.8 Å². The number of nitrogen functional groups attached to an aromatic ring is 1. The summed E-state index contributed by atoms with van der Waals surface area (Å²) in [6.07, 6.45) is 0. The number of anilines is 1. The molecular formula is C13H12FNS. The van der Waals surface area contributed by atoms with E-state index >= 15 is 0 Å². The van der Waals surface area contributed by atoms with Crippen LogP contribution in [0.15, 0.2) is 53.4 Å². The van der Waals surface area contributed by atoms with Gasteiger partial charge in [0.2, 0.25) is 0 Å². The SMILES string of the molecule is Nc1cc(F)cc(SCc2ccccc2)c1. The van der Waals surface area contributed by atoms with Crippen molar-refractivity contribution < 1.29 is 4.39 Å². The van der Waals surface area contributed by atoms with Crippen molar-refractivity contribution in [2.45, 2.75) is 10.6 Å². The number of hydrogen-bond donors (Lipinski definition) is 1. The molecule has 82 valence electrons. The number of thioether (sulfide) groups is 1. The third kappa shape index (κ3) is 3.00. The zero-order chi connectivity index (χ0) is 11.4. The standard InChI is InChI=1S/C13H12FNS/c14-11-6-12(15)8-13(7-11)16-9-10-4-2-1-3-5-10/h1-8H,9,15H2. The third-order valence-corrected chi connectivity index (χ3v) is 3.19. The van der Waals surface area contributed by atoms with E-state index in [0.717, 1.165) is 10.6 Å². The van der Waals surface area contributed by atoms with Crippen LogP contribution in [0.3, 0.4) is 0 Å². The van der Waals surface area contributed by atoms with Gasteiger partial charge in [0.1, 0.15) is 5.82 Å². The molecule has 0 fully saturated rings. The summed E-state index contributed by atoms with van der Waals surface area (Å²) in [6.45, 7) is 0. The van der Waals surface area contributed by atoms with Crippen molar-refractivity contribution in [3.63, 3.8) is 0 Å². The molecule has 3 heteroatoms. The van der Waals surface area contributed by atoms with E-state index in [1.165, 1.54) is 17.7 Å². The molecule has 0 radical (unpaired) electrons. The zero-order valence-corrected chi connectivity index (χ0v) is 9.51. The molecule has 2 aromatic carbocycles. The molecule has 0 bridgehead atoms. The fourth-order valence-corrected chi connectivity index (χ4v) is 2.35. The first-order valence-corrected chi connectivity index (χ1v) is 5.95. The summed E-state index contributed by atoms with van der Waals surface area (Å²) in [4.78, 5) is 0.862. The average molecular weight is 233 g/mol. The Hall–Kier alpha value is -1.48. The van der Waals surface area contributed by atoms with Crippen LogP contribution in [0.5, 0.6) is 0 Å². The lowest BCUT2D eigenvalue weighted by molar-refractivity contribution is 0.625. The summed E-state index contributed by atoms with van der Waals surface area (Å²) in [5.41, 5.74) is 7.26. The first kappa shape index (κ1) is 11.0. The molecule has 0 atom stereocenters. The molecule has 2 rings (SSSR count). The van der Waals surface area contributed by atoms with E-state index in [1.807, 2.05) is 18.2 Å². The van der Waals surface area contributed by atoms with Gasteiger partial charge in [0.25, 0.3) is 0 Å². The molecule has 0 aliphatic carbocycles. The lowest BCUT2D eigenvalue weighted by Crippen LogP contribution is -1.87. The molecule has 2 aromatic rings. The molecule has 0 spiro atoms. The Morgan fingerprint density at radius 1 is 1.06 bits per heavy atom. The van der Waals surface area contributed by atoms with Crippen LogP contribution in [-0.2, 0) is 5.75 Å². The van der Waals surface area contributed by atoms with E-state index in [2.05, 4.69) is 12.1 Å². The first-order chi connectivity index (χ1) is 7.74. The van der Waals surface area contributed by atoms with Crippen molar-refractivity contribution in [3.05, 3.63) is 59.9 Å². The molecule has 0 amide bonds. The molecule has 2 N–H and O–H groups in total. The van der Waals surface area contributed by atoms with Crippen LogP contribution in [0.25, 0.3) is 0 Å². The maximum Gasteiger partial charge on any atom is 0.126 e. The van der Waals surface area contributed by atoms with E-state index in [-0.39, 0.29) is 5.82 Å². The van der Waals surface area contributed by atoms with Gasteiger partial charge >= 0.3 is 0 Å². The molecule has 0 heterocycles. The van der Waals surface area contributed by atoms with Gasteiger partial charge < -0.3 is 5.73 Å². The molecule has 0 saturated carbocycles. The quantitative estimate of drug-likeness (QED) is 0.646. The van der Waals surface area contributed by atoms with Crippen LogP contribution in [0, 0.1) is 5.82 Å². The van der Waals surface area contributed by atoms with E-state index < -0.39 is 0 Å². The van der Waals surface area contributed by atoms with E-state index in [4.69, 9.17) is 5.73 Å². The molecule has 0 aliphatic heterocycles. The maximum absolute atomic E-state index is 13.1. The van der Waals surface area contributed by atoms with Crippen LogP contribution in [0.1, 0.15) is 5.56 Å². The summed E-state index contributed by atoms with van der Waals surface area (Å²) in [5.74, 6) is 0.541. The monoisotopic (exact) mass is 233 g/mol. The highest BCUT2D eigenvalue weighted by molar-refractivity contribution is 7.98. The summed E-state index contributed by atoms with van der Waals surface area (Å²) in [7, 11) is 0. The predicted octanol–water partition coefficient (Wildman–Crippen LogP) is 3.70. The summed E-state index contributed by atoms with van der Waals surface area (Å²) in [6, 6.07) is 14.7. The number of nitrogens with two attached hydrogens (primary N) is 1. The van der Waals surface area contributed by atoms with E-state index in [9.17, 15) is 4.39 Å². The Balaban J connectivity index is 2.05. The van der Waals surface area contributed by atoms with Crippen molar-refractivity contribution in [1.29, 1.82) is 0 Å². The van der Waals surface area contributed by atoms with Gasteiger partial charge in [-0.2, -0.15) is 0 Å². The Bertz CT molecular complexity index is 450. The zero-order valence-electron chi connectivity index (χ0n) is 8.69. The molecule has 1 nitrogen and oxygen atoms in total. The van der Waals surface area contributed by atoms with Crippen molar-refractivity contribution in [2.75, 3.05) is 5.73 Å². The van der Waals surface area contributed by atoms with E-state index in [1.54, 1.807) is 17.8 Å². The van der Waals surface area contributed by atoms with Crippen LogP contribution < -0.4 is 5.73 Å². The van der Waals surface area contributed by atoms with Crippen molar-refractivity contribution in [2.24, 2.45) is 0 Å². The number of rotatable bonds is 3. The fourth-order valence-electron chi connectivity index (χ4n) is 1.41. The van der Waals surface area contributed by atoms with Crippen LogP contribution in [-0.4, -0.2) is 0 Å². The number of hydrogen-bond acceptors (Lipinski definition) is 2. The normalized spacial score (nSPS) is 10.3. The van der Waals surface area contributed by atoms with Crippen molar-refractivity contribution in [1.82, 2.24) is 0 Å². The van der Waals surface area contributed by atoms with Crippen LogP contribution in [0.2, 0.25) is 0 Å². The Morgan fingerprint density at radius 3 is 2.50 bits per heavy atom. The lowest BCUT2D eigenvalue weighted by Gasteiger charge is -2.03. The second kappa shape index (κ2) is 5.03. The summed E-state index contributed by atoms with van der Waals surface area (Å²) < 4.78 is 13.1. The van der Waals surface area contributed by atoms with Crippen molar-refractivity contribution >= 4 is 17.4 Å². The Labute approximate surface area is 98.5 Å². The summed E-state index contributed by atoms with van der Waals surface area (Å²) in [5, 5.41) is 0. The summed E-state index contributed by atoms with van der Waals surface area (Å²) >= 11 is 1.58. The molecular weight excluding hydrogens is 221 g/mol. The van der Waals surface area contributed by atoms with Crippen LogP contribution in [0.4, 0.5) is 10.1 Å². The van der Waals surface area contributed by atoms with Gasteiger partial charge in [0, 0.05) is 16.3 Å². The average Bonchev–Trinajstić information content (AvgIpc) is 2.27. The molecule has 0 aromatic heterocycles. The third-order valence-electron chi connectivity index (χ3n) is 2.14. The Kier molecular flexibility index (Phi) is 3.47. The van der Waals surface area contributed by atoms with Gasteiger partial charge in [0.15, 0.2) is 0 Å². The number of halogens is 1. The highest BCUT2D eigenvalue weighted by Crippen LogP contribution is 2.25. The highest BCUT2D eigenvalue weighted by atomic mass is 32.2. The van der Waals surface area contributed by atoms with Gasteiger partial charge in [0.05, 0.1) is 0 Å². The molecule has 16 heavy (non-hydrogen) atoms. The number of benzene rings is 2. The van der Waals surface area contributed by atoms with Crippen LogP contribution >= 0.6 is 11.8 Å². The van der Waals surface area contributed by atoms with Gasteiger partial charge in [-0.3, -0.25) is 0 Å². The predicted molar refractivity (Wildman–Crippen MR) is 66.8 cm³/mol. The minimum absolute atomic E-state index is 0.282. The highest BCUT2D eigenvalue weighted by Gasteiger charge is 2.00. The molecule has 0 aliphatic rings. The van der Waals surface area contributed by atoms with Crippen molar-refractivity contribution in [3.8, 4) is 0 Å². The van der Waals surface area contributed by atoms with Gasteiger partial charge in [-0.1, -0.05) is 30.3 Å². The fraction of sp³-hybridized carbons (Fsp3) is 0.0769. The topological polar surface area (TPSA) is 26.0 Å². The second-order valence-corrected chi connectivity index (χ2v) is 4.54. The smallest absolute Gasteiger partial charge is 0.126 e. The largest absolute Gasteiger partial charge is 0.399 e. The Morgan fingerprint density at radius 2 is 1.81 bits per heavy atom. The first-order valence-electron chi connectivity index (χ1n) is 4.97. The van der Waals surface area contributed by atoms with Gasteiger partial charge in [-0.15, -0.1) is 11.8 Å². The second-order valence-electron chi connectivity index (χ2n) is 3.49. The molecule has 0 saturated heterocycles. The minimum Gasteiger partial charge on any atom is -0.399 e. The maximum atomic E-state index is 13.1. The minimum atomic E-state index is -0.282.